The number of ether oxygens (including phenoxy) is 1. The van der Waals surface area contributed by atoms with E-state index in [9.17, 15) is 0 Å². The highest BCUT2D eigenvalue weighted by molar-refractivity contribution is 5.56. The predicted molar refractivity (Wildman–Crippen MR) is 66.4 cm³/mol. The quantitative estimate of drug-likeness (QED) is 0.822. The van der Waals surface area contributed by atoms with Crippen molar-refractivity contribution in [3.8, 4) is 11.4 Å². The van der Waals surface area contributed by atoms with Crippen LogP contribution in [0.2, 0.25) is 0 Å². The van der Waals surface area contributed by atoms with Crippen molar-refractivity contribution in [2.45, 2.75) is 19.8 Å². The molecule has 5 nitrogen and oxygen atoms in total. The van der Waals surface area contributed by atoms with E-state index in [1.807, 2.05) is 22.8 Å². The van der Waals surface area contributed by atoms with Gasteiger partial charge in [0.2, 0.25) is 0 Å². The Hall–Kier alpha value is -2.04. The van der Waals surface area contributed by atoms with Gasteiger partial charge in [-0.15, -0.1) is 10.2 Å². The third-order valence-corrected chi connectivity index (χ3v) is 2.55. The molecule has 2 rings (SSSR count). The Morgan fingerprint density at radius 1 is 1.35 bits per heavy atom. The summed E-state index contributed by atoms with van der Waals surface area (Å²) in [6.45, 7) is 4.14. The van der Waals surface area contributed by atoms with Gasteiger partial charge in [0.15, 0.2) is 0 Å². The molecule has 90 valence electrons. The summed E-state index contributed by atoms with van der Waals surface area (Å²) in [5.74, 6) is 1.92. The Morgan fingerprint density at radius 3 is 2.76 bits per heavy atom. The van der Waals surface area contributed by atoms with Crippen LogP contribution in [-0.2, 0) is 0 Å². The first-order valence-corrected chi connectivity index (χ1v) is 5.47. The van der Waals surface area contributed by atoms with E-state index in [0.29, 0.717) is 5.69 Å². The maximum atomic E-state index is 5.80. The van der Waals surface area contributed by atoms with Crippen LogP contribution in [0.3, 0.4) is 0 Å². The SMILES string of the molecule is COc1ccc(N)cc1-n1cnnc1C(C)C. The smallest absolute Gasteiger partial charge is 0.143 e. The fraction of sp³-hybridized carbons (Fsp3) is 0.333. The summed E-state index contributed by atoms with van der Waals surface area (Å²) in [5, 5.41) is 8.06. The van der Waals surface area contributed by atoms with Crippen LogP contribution in [0.5, 0.6) is 5.75 Å². The number of nitrogens with two attached hydrogens (primary N) is 1. The number of benzene rings is 1. The molecule has 0 saturated heterocycles. The normalized spacial score (nSPS) is 10.8. The van der Waals surface area contributed by atoms with Gasteiger partial charge in [-0.1, -0.05) is 13.8 Å². The van der Waals surface area contributed by atoms with Crippen molar-refractivity contribution >= 4 is 5.69 Å². The zero-order valence-corrected chi connectivity index (χ0v) is 10.2. The highest BCUT2D eigenvalue weighted by Crippen LogP contribution is 2.27. The van der Waals surface area contributed by atoms with E-state index < -0.39 is 0 Å². The molecular formula is C12H16N4O. The highest BCUT2D eigenvalue weighted by atomic mass is 16.5. The van der Waals surface area contributed by atoms with Crippen LogP contribution in [0.4, 0.5) is 5.69 Å². The van der Waals surface area contributed by atoms with Gasteiger partial charge in [-0.2, -0.15) is 0 Å². The molecule has 0 saturated carbocycles. The Labute approximate surface area is 100 Å². The molecule has 2 aromatic rings. The van der Waals surface area contributed by atoms with Crippen LogP contribution in [-0.4, -0.2) is 21.9 Å². The molecule has 1 aromatic heterocycles. The molecule has 0 unspecified atom stereocenters. The lowest BCUT2D eigenvalue weighted by molar-refractivity contribution is 0.412. The summed E-state index contributed by atoms with van der Waals surface area (Å²) in [5.41, 5.74) is 7.35. The van der Waals surface area contributed by atoms with Crippen LogP contribution in [0.15, 0.2) is 24.5 Å². The lowest BCUT2D eigenvalue weighted by atomic mass is 10.2. The van der Waals surface area contributed by atoms with E-state index in [0.717, 1.165) is 17.3 Å². The van der Waals surface area contributed by atoms with Crippen molar-refractivity contribution in [2.24, 2.45) is 0 Å². The molecule has 5 heteroatoms. The van der Waals surface area contributed by atoms with Crippen molar-refractivity contribution in [3.63, 3.8) is 0 Å². The number of nitrogens with zero attached hydrogens (tertiary/aromatic N) is 3. The second-order valence-electron chi connectivity index (χ2n) is 4.15. The second-order valence-corrected chi connectivity index (χ2v) is 4.15. The average molecular weight is 232 g/mol. The van der Waals surface area contributed by atoms with E-state index in [1.54, 1.807) is 13.4 Å². The second kappa shape index (κ2) is 4.45. The number of hydrogen-bond acceptors (Lipinski definition) is 4. The molecule has 0 atom stereocenters. The molecule has 0 fully saturated rings. The van der Waals surface area contributed by atoms with Gasteiger partial charge >= 0.3 is 0 Å². The Balaban J connectivity index is 2.59. The van der Waals surface area contributed by atoms with E-state index in [4.69, 9.17) is 10.5 Å². The van der Waals surface area contributed by atoms with Crippen molar-refractivity contribution in [3.05, 3.63) is 30.4 Å². The average Bonchev–Trinajstić information content (AvgIpc) is 2.77. The van der Waals surface area contributed by atoms with E-state index in [2.05, 4.69) is 24.0 Å². The first kappa shape index (κ1) is 11.4. The number of nitrogen functional groups attached to an aromatic ring is 1. The lowest BCUT2D eigenvalue weighted by Crippen LogP contribution is -2.04. The maximum absolute atomic E-state index is 5.80. The maximum Gasteiger partial charge on any atom is 0.143 e. The molecule has 0 aliphatic rings. The monoisotopic (exact) mass is 232 g/mol. The zero-order valence-electron chi connectivity index (χ0n) is 10.2. The molecule has 1 aromatic carbocycles. The van der Waals surface area contributed by atoms with Gasteiger partial charge in [0.25, 0.3) is 0 Å². The minimum absolute atomic E-state index is 0.281. The van der Waals surface area contributed by atoms with Crippen LogP contribution in [0.25, 0.3) is 5.69 Å². The predicted octanol–water partition coefficient (Wildman–Crippen LogP) is 1.98. The minimum Gasteiger partial charge on any atom is -0.495 e. The number of methoxy groups -OCH3 is 1. The van der Waals surface area contributed by atoms with Gasteiger partial charge in [0.05, 0.1) is 12.8 Å². The van der Waals surface area contributed by atoms with Gasteiger partial charge in [0, 0.05) is 11.6 Å². The molecule has 0 spiro atoms. The summed E-state index contributed by atoms with van der Waals surface area (Å²) in [7, 11) is 1.63. The third-order valence-electron chi connectivity index (χ3n) is 2.55. The number of hydrogen-bond donors (Lipinski definition) is 1. The van der Waals surface area contributed by atoms with Crippen molar-refractivity contribution in [1.82, 2.24) is 14.8 Å². The van der Waals surface area contributed by atoms with E-state index in [1.165, 1.54) is 0 Å². The van der Waals surface area contributed by atoms with E-state index in [-0.39, 0.29) is 5.92 Å². The fourth-order valence-electron chi connectivity index (χ4n) is 1.72. The zero-order chi connectivity index (χ0) is 12.4. The Kier molecular flexibility index (Phi) is 2.99. The summed E-state index contributed by atoms with van der Waals surface area (Å²) in [6, 6.07) is 5.50. The molecule has 0 bridgehead atoms. The van der Waals surface area contributed by atoms with Gasteiger partial charge in [-0.25, -0.2) is 0 Å². The van der Waals surface area contributed by atoms with Gasteiger partial charge in [-0.05, 0) is 18.2 Å². The number of anilines is 1. The van der Waals surface area contributed by atoms with Gasteiger partial charge < -0.3 is 10.5 Å². The van der Waals surface area contributed by atoms with Crippen molar-refractivity contribution in [2.75, 3.05) is 12.8 Å². The van der Waals surface area contributed by atoms with Gasteiger partial charge in [0.1, 0.15) is 17.9 Å². The van der Waals surface area contributed by atoms with Gasteiger partial charge in [-0.3, -0.25) is 4.57 Å². The largest absolute Gasteiger partial charge is 0.495 e. The molecule has 17 heavy (non-hydrogen) atoms. The summed E-state index contributed by atoms with van der Waals surface area (Å²) >= 11 is 0. The molecule has 0 radical (unpaired) electrons. The Morgan fingerprint density at radius 2 is 2.12 bits per heavy atom. The molecule has 2 N–H and O–H groups in total. The first-order chi connectivity index (χ1) is 8.13. The topological polar surface area (TPSA) is 66.0 Å². The standard InChI is InChI=1S/C12H16N4O/c1-8(2)12-15-14-7-16(12)10-6-9(13)4-5-11(10)17-3/h4-8H,13H2,1-3H3. The molecule has 0 aliphatic heterocycles. The van der Waals surface area contributed by atoms with E-state index >= 15 is 0 Å². The van der Waals surface area contributed by atoms with Crippen LogP contribution in [0.1, 0.15) is 25.6 Å². The van der Waals surface area contributed by atoms with Crippen LogP contribution in [0, 0.1) is 0 Å². The molecule has 0 amide bonds. The van der Waals surface area contributed by atoms with Crippen LogP contribution < -0.4 is 10.5 Å². The minimum atomic E-state index is 0.281. The van der Waals surface area contributed by atoms with Crippen molar-refractivity contribution < 1.29 is 4.74 Å². The van der Waals surface area contributed by atoms with Crippen LogP contribution >= 0.6 is 0 Å². The Bertz CT molecular complexity index is 519. The lowest BCUT2D eigenvalue weighted by Gasteiger charge is -2.13. The van der Waals surface area contributed by atoms with Crippen molar-refractivity contribution in [1.29, 1.82) is 0 Å². The summed E-state index contributed by atoms with van der Waals surface area (Å²) in [4.78, 5) is 0. The third kappa shape index (κ3) is 2.08. The summed E-state index contributed by atoms with van der Waals surface area (Å²) < 4.78 is 7.23. The molecular weight excluding hydrogens is 216 g/mol. The number of rotatable bonds is 3. The molecule has 0 aliphatic carbocycles. The fourth-order valence-corrected chi connectivity index (χ4v) is 1.72. The highest BCUT2D eigenvalue weighted by Gasteiger charge is 2.13. The first-order valence-electron chi connectivity index (χ1n) is 5.47. The molecule has 1 heterocycles. The summed E-state index contributed by atoms with van der Waals surface area (Å²) in [6.07, 6.45) is 1.67. The number of aromatic nitrogens is 3.